The molecule has 0 aromatic rings. The van der Waals surface area contributed by atoms with E-state index in [1.165, 1.54) is 12.5 Å². The Morgan fingerprint density at radius 1 is 1.45 bits per heavy atom. The minimum Gasteiger partial charge on any atom is -0.478 e. The molecular weight excluding hydrogens is 140 g/mol. The molecule has 0 saturated heterocycles. The van der Waals surface area contributed by atoms with E-state index in [-0.39, 0.29) is 0 Å². The summed E-state index contributed by atoms with van der Waals surface area (Å²) in [5.41, 5.74) is 0. The molecule has 0 fully saturated rings. The average molecular weight is 154 g/mol. The summed E-state index contributed by atoms with van der Waals surface area (Å²) in [4.78, 5) is 9.97. The third-order valence-electron chi connectivity index (χ3n) is 1.21. The fraction of sp³-hybridized carbons (Fsp3) is 0.444. The van der Waals surface area contributed by atoms with E-state index in [1.807, 2.05) is 6.08 Å². The van der Waals surface area contributed by atoms with E-state index in [0.717, 1.165) is 18.9 Å². The first-order chi connectivity index (χ1) is 5.27. The van der Waals surface area contributed by atoms with E-state index in [9.17, 15) is 4.79 Å². The zero-order chi connectivity index (χ0) is 8.53. The van der Waals surface area contributed by atoms with Crippen molar-refractivity contribution in [3.05, 3.63) is 24.3 Å². The smallest absolute Gasteiger partial charge is 0.328 e. The fourth-order valence-electron chi connectivity index (χ4n) is 0.635. The van der Waals surface area contributed by atoms with Crippen LogP contribution in [0.3, 0.4) is 0 Å². The first-order valence-electron chi connectivity index (χ1n) is 3.83. The molecule has 0 spiro atoms. The van der Waals surface area contributed by atoms with Gasteiger partial charge in [0.1, 0.15) is 0 Å². The van der Waals surface area contributed by atoms with Crippen LogP contribution in [0.1, 0.15) is 26.2 Å². The van der Waals surface area contributed by atoms with E-state index in [1.54, 1.807) is 6.08 Å². The molecule has 11 heavy (non-hydrogen) atoms. The number of unbranched alkanes of at least 4 members (excludes halogenated alkanes) is 2. The molecule has 0 saturated carbocycles. The summed E-state index contributed by atoms with van der Waals surface area (Å²) in [6.07, 6.45) is 9.78. The van der Waals surface area contributed by atoms with Crippen molar-refractivity contribution in [2.24, 2.45) is 0 Å². The topological polar surface area (TPSA) is 37.3 Å². The van der Waals surface area contributed by atoms with Crippen LogP contribution in [0.25, 0.3) is 0 Å². The van der Waals surface area contributed by atoms with E-state index in [2.05, 4.69) is 6.92 Å². The Morgan fingerprint density at radius 2 is 2.18 bits per heavy atom. The summed E-state index contributed by atoms with van der Waals surface area (Å²) in [5.74, 6) is -0.898. The molecule has 0 aromatic heterocycles. The van der Waals surface area contributed by atoms with Crippen LogP contribution in [0, 0.1) is 0 Å². The lowest BCUT2D eigenvalue weighted by Gasteiger charge is -1.85. The second-order valence-corrected chi connectivity index (χ2v) is 2.27. The maximum atomic E-state index is 9.97. The number of carboxylic acids is 1. The van der Waals surface area contributed by atoms with Crippen LogP contribution in [-0.2, 0) is 4.79 Å². The predicted octanol–water partition coefficient (Wildman–Crippen LogP) is 2.37. The highest BCUT2D eigenvalue weighted by Crippen LogP contribution is 1.94. The van der Waals surface area contributed by atoms with E-state index >= 15 is 0 Å². The Balaban J connectivity index is 3.36. The lowest BCUT2D eigenvalue weighted by molar-refractivity contribution is -0.131. The minimum atomic E-state index is -0.898. The molecule has 0 atom stereocenters. The molecule has 0 heterocycles. The van der Waals surface area contributed by atoms with Gasteiger partial charge in [0.05, 0.1) is 0 Å². The van der Waals surface area contributed by atoms with Crippen molar-refractivity contribution in [3.63, 3.8) is 0 Å². The SMILES string of the molecule is CCCCC=CC=CC(=O)O. The van der Waals surface area contributed by atoms with Crippen LogP contribution < -0.4 is 0 Å². The van der Waals surface area contributed by atoms with Crippen LogP contribution in [0.2, 0.25) is 0 Å². The summed E-state index contributed by atoms with van der Waals surface area (Å²) < 4.78 is 0. The van der Waals surface area contributed by atoms with E-state index in [0.29, 0.717) is 0 Å². The number of rotatable bonds is 5. The van der Waals surface area contributed by atoms with Gasteiger partial charge in [0.25, 0.3) is 0 Å². The van der Waals surface area contributed by atoms with Crippen LogP contribution in [-0.4, -0.2) is 11.1 Å². The van der Waals surface area contributed by atoms with Gasteiger partial charge in [-0.15, -0.1) is 0 Å². The number of hydrogen-bond donors (Lipinski definition) is 1. The lowest BCUT2D eigenvalue weighted by Crippen LogP contribution is -1.84. The monoisotopic (exact) mass is 154 g/mol. The third-order valence-corrected chi connectivity index (χ3v) is 1.21. The van der Waals surface area contributed by atoms with Crippen LogP contribution in [0.4, 0.5) is 0 Å². The Morgan fingerprint density at radius 3 is 2.73 bits per heavy atom. The molecule has 0 rings (SSSR count). The van der Waals surface area contributed by atoms with Gasteiger partial charge in [0.2, 0.25) is 0 Å². The summed E-state index contributed by atoms with van der Waals surface area (Å²) in [6, 6.07) is 0. The molecule has 0 amide bonds. The van der Waals surface area contributed by atoms with Gasteiger partial charge in [-0.1, -0.05) is 38.0 Å². The quantitative estimate of drug-likeness (QED) is 0.375. The van der Waals surface area contributed by atoms with Crippen LogP contribution >= 0.6 is 0 Å². The molecule has 0 aliphatic carbocycles. The summed E-state index contributed by atoms with van der Waals surface area (Å²) >= 11 is 0. The minimum absolute atomic E-state index is 0.898. The summed E-state index contributed by atoms with van der Waals surface area (Å²) in [5, 5.41) is 8.20. The highest BCUT2D eigenvalue weighted by Gasteiger charge is 1.80. The van der Waals surface area contributed by atoms with Crippen molar-refractivity contribution in [1.29, 1.82) is 0 Å². The first kappa shape index (κ1) is 9.95. The van der Waals surface area contributed by atoms with Gasteiger partial charge >= 0.3 is 5.97 Å². The van der Waals surface area contributed by atoms with Gasteiger partial charge in [-0.25, -0.2) is 4.79 Å². The molecule has 0 aromatic carbocycles. The van der Waals surface area contributed by atoms with Crippen molar-refractivity contribution in [1.82, 2.24) is 0 Å². The maximum Gasteiger partial charge on any atom is 0.328 e. The third kappa shape index (κ3) is 8.95. The second-order valence-electron chi connectivity index (χ2n) is 2.27. The van der Waals surface area contributed by atoms with E-state index < -0.39 is 5.97 Å². The van der Waals surface area contributed by atoms with Crippen molar-refractivity contribution >= 4 is 5.97 Å². The number of carboxylic acid groups (broad SMARTS) is 1. The Labute approximate surface area is 67.2 Å². The Bertz CT molecular complexity index is 157. The molecule has 1 N–H and O–H groups in total. The second kappa shape index (κ2) is 7.06. The molecule has 0 unspecified atom stereocenters. The lowest BCUT2D eigenvalue weighted by atomic mass is 10.2. The number of aliphatic carboxylic acids is 1. The molecule has 0 aliphatic heterocycles. The molecular formula is C9H14O2. The van der Waals surface area contributed by atoms with Gasteiger partial charge in [0.15, 0.2) is 0 Å². The zero-order valence-electron chi connectivity index (χ0n) is 6.79. The first-order valence-corrected chi connectivity index (χ1v) is 3.83. The molecule has 0 radical (unpaired) electrons. The van der Waals surface area contributed by atoms with Crippen molar-refractivity contribution in [3.8, 4) is 0 Å². The highest BCUT2D eigenvalue weighted by molar-refractivity contribution is 5.80. The number of hydrogen-bond acceptors (Lipinski definition) is 1. The standard InChI is InChI=1S/C9H14O2/c1-2-3-4-5-6-7-8-9(10)11/h5-8H,2-4H2,1H3,(H,10,11). The number of carbonyl (C=O) groups is 1. The maximum absolute atomic E-state index is 9.97. The largest absolute Gasteiger partial charge is 0.478 e. The predicted molar refractivity (Wildman–Crippen MR) is 45.4 cm³/mol. The Kier molecular flexibility index (Phi) is 6.39. The molecule has 0 aliphatic rings. The normalized spacial score (nSPS) is 11.4. The molecule has 2 nitrogen and oxygen atoms in total. The van der Waals surface area contributed by atoms with Crippen molar-refractivity contribution in [2.45, 2.75) is 26.2 Å². The van der Waals surface area contributed by atoms with Gasteiger partial charge in [-0.2, -0.15) is 0 Å². The summed E-state index contributed by atoms with van der Waals surface area (Å²) in [7, 11) is 0. The highest BCUT2D eigenvalue weighted by atomic mass is 16.4. The van der Waals surface area contributed by atoms with Crippen molar-refractivity contribution < 1.29 is 9.90 Å². The van der Waals surface area contributed by atoms with Gasteiger partial charge in [0, 0.05) is 6.08 Å². The molecule has 62 valence electrons. The van der Waals surface area contributed by atoms with Gasteiger partial charge < -0.3 is 5.11 Å². The van der Waals surface area contributed by atoms with E-state index in [4.69, 9.17) is 5.11 Å². The fourth-order valence-corrected chi connectivity index (χ4v) is 0.635. The number of allylic oxidation sites excluding steroid dienone is 3. The Hall–Kier alpha value is -1.05. The van der Waals surface area contributed by atoms with Crippen LogP contribution in [0.5, 0.6) is 0 Å². The summed E-state index contributed by atoms with van der Waals surface area (Å²) in [6.45, 7) is 2.13. The van der Waals surface area contributed by atoms with Crippen LogP contribution in [0.15, 0.2) is 24.3 Å². The molecule has 0 bridgehead atoms. The van der Waals surface area contributed by atoms with Gasteiger partial charge in [-0.3, -0.25) is 0 Å². The van der Waals surface area contributed by atoms with Crippen molar-refractivity contribution in [2.75, 3.05) is 0 Å². The average Bonchev–Trinajstić information content (AvgIpc) is 1.96. The molecule has 2 heteroatoms. The van der Waals surface area contributed by atoms with Gasteiger partial charge in [-0.05, 0) is 6.42 Å². The zero-order valence-corrected chi connectivity index (χ0v) is 6.79.